The Labute approximate surface area is 338 Å². The number of carbonyl (C=O) groups excluding carboxylic acids is 5. The van der Waals surface area contributed by atoms with E-state index < -0.39 is 84.1 Å². The summed E-state index contributed by atoms with van der Waals surface area (Å²) in [7, 11) is 0. The third kappa shape index (κ3) is 13.3. The zero-order chi connectivity index (χ0) is 42.2. The first-order chi connectivity index (χ1) is 27.8. The second kappa shape index (κ2) is 22.0. The lowest BCUT2D eigenvalue weighted by atomic mass is 9.96. The number of rotatable bonds is 21. The number of carboxylic acids is 2. The van der Waals surface area contributed by atoms with E-state index in [-0.39, 0.29) is 44.6 Å². The van der Waals surface area contributed by atoms with Crippen molar-refractivity contribution >= 4 is 41.5 Å². The van der Waals surface area contributed by atoms with Gasteiger partial charge in [-0.25, -0.2) is 4.79 Å². The number of aliphatic carboxylic acids is 2. The Balaban J connectivity index is 1.53. The number of carbonyl (C=O) groups is 7. The van der Waals surface area contributed by atoms with Crippen LogP contribution in [0.3, 0.4) is 0 Å². The summed E-state index contributed by atoms with van der Waals surface area (Å²) in [5, 5.41) is 30.2. The molecule has 15 nitrogen and oxygen atoms in total. The summed E-state index contributed by atoms with van der Waals surface area (Å²) in [6.45, 7) is 3.74. The molecule has 3 aromatic carbocycles. The molecule has 5 amide bonds. The molecule has 310 valence electrons. The molecule has 8 N–H and O–H groups in total. The van der Waals surface area contributed by atoms with Crippen LogP contribution in [0.5, 0.6) is 0 Å². The number of nitrogens with zero attached hydrogens (tertiary/aromatic N) is 1. The first-order valence-electron chi connectivity index (χ1n) is 19.6. The summed E-state index contributed by atoms with van der Waals surface area (Å²) in [6.07, 6.45) is 0.533. The number of nitrogens with one attached hydrogen (secondary N) is 4. The standard InChI is InChI=1S/C43H54N6O9/c1-3-27(2)37(48-38(52)31(44)24-28-14-7-4-8-15-28)41(55)46-33(25-29-16-9-5-10-17-29)39(53)45-32(21-22-36(50)51)42(56)49-23-13-20-35(49)40(54)47-34(43(57)58)26-30-18-11-6-12-19-30/h4-12,14-19,27,31-35,37H,3,13,20-26,44H2,1-2H3,(H,45,53)(H,46,55)(H,47,54)(H,48,52)(H,50,51)(H,57,58)/t27-,31-,32-,33-,34-,35-,37-/m0/s1. The van der Waals surface area contributed by atoms with Gasteiger partial charge >= 0.3 is 11.9 Å². The van der Waals surface area contributed by atoms with Gasteiger partial charge < -0.3 is 42.1 Å². The fourth-order valence-corrected chi connectivity index (χ4v) is 6.86. The number of hydrogen-bond donors (Lipinski definition) is 7. The molecule has 0 saturated carbocycles. The lowest BCUT2D eigenvalue weighted by molar-refractivity contribution is -0.145. The van der Waals surface area contributed by atoms with Crippen molar-refractivity contribution in [1.82, 2.24) is 26.2 Å². The first kappa shape index (κ1) is 44.6. The molecule has 1 heterocycles. The van der Waals surface area contributed by atoms with Gasteiger partial charge in [0.1, 0.15) is 30.2 Å². The van der Waals surface area contributed by atoms with Crippen LogP contribution in [-0.4, -0.2) is 99.4 Å². The van der Waals surface area contributed by atoms with E-state index in [0.717, 1.165) is 5.56 Å². The van der Waals surface area contributed by atoms with Crippen LogP contribution < -0.4 is 27.0 Å². The molecule has 58 heavy (non-hydrogen) atoms. The lowest BCUT2D eigenvalue weighted by Crippen LogP contribution is -2.60. The molecule has 0 aromatic heterocycles. The maximum atomic E-state index is 14.2. The summed E-state index contributed by atoms with van der Waals surface area (Å²) in [4.78, 5) is 94.2. The highest BCUT2D eigenvalue weighted by Crippen LogP contribution is 2.21. The highest BCUT2D eigenvalue weighted by molar-refractivity contribution is 5.97. The number of benzene rings is 3. The summed E-state index contributed by atoms with van der Waals surface area (Å²) >= 11 is 0. The number of hydrogen-bond acceptors (Lipinski definition) is 8. The smallest absolute Gasteiger partial charge is 0.326 e. The monoisotopic (exact) mass is 798 g/mol. The molecule has 0 unspecified atom stereocenters. The molecule has 15 heteroatoms. The molecular formula is C43H54N6O9. The van der Waals surface area contributed by atoms with Crippen molar-refractivity contribution in [3.63, 3.8) is 0 Å². The molecule has 3 aromatic rings. The van der Waals surface area contributed by atoms with E-state index in [2.05, 4.69) is 21.3 Å². The molecular weight excluding hydrogens is 745 g/mol. The number of nitrogens with two attached hydrogens (primary N) is 1. The van der Waals surface area contributed by atoms with Crippen molar-refractivity contribution in [3.8, 4) is 0 Å². The van der Waals surface area contributed by atoms with Gasteiger partial charge in [0.25, 0.3) is 0 Å². The Kier molecular flexibility index (Phi) is 16.9. The van der Waals surface area contributed by atoms with Crippen LogP contribution in [0.25, 0.3) is 0 Å². The average molecular weight is 799 g/mol. The minimum Gasteiger partial charge on any atom is -0.481 e. The van der Waals surface area contributed by atoms with Crippen LogP contribution in [0.15, 0.2) is 91.0 Å². The summed E-state index contributed by atoms with van der Waals surface area (Å²) in [5.74, 6) is -6.24. The van der Waals surface area contributed by atoms with Crippen LogP contribution >= 0.6 is 0 Å². The van der Waals surface area contributed by atoms with Crippen molar-refractivity contribution in [2.45, 2.75) is 101 Å². The number of carboxylic acid groups (broad SMARTS) is 2. The quantitative estimate of drug-likeness (QED) is 0.0828. The molecule has 1 saturated heterocycles. The first-order valence-corrected chi connectivity index (χ1v) is 19.6. The van der Waals surface area contributed by atoms with Crippen molar-refractivity contribution < 1.29 is 43.8 Å². The van der Waals surface area contributed by atoms with Gasteiger partial charge in [-0.15, -0.1) is 0 Å². The highest BCUT2D eigenvalue weighted by atomic mass is 16.4. The molecule has 7 atom stereocenters. The Hall–Kier alpha value is -6.09. The number of amides is 5. The van der Waals surface area contributed by atoms with Gasteiger partial charge in [0.15, 0.2) is 0 Å². The second-order valence-electron chi connectivity index (χ2n) is 14.7. The van der Waals surface area contributed by atoms with E-state index >= 15 is 0 Å². The normalized spacial score (nSPS) is 16.7. The van der Waals surface area contributed by atoms with Crippen molar-refractivity contribution in [2.24, 2.45) is 11.7 Å². The van der Waals surface area contributed by atoms with Gasteiger partial charge in [0.2, 0.25) is 29.5 Å². The van der Waals surface area contributed by atoms with Gasteiger partial charge in [-0.05, 0) is 48.3 Å². The van der Waals surface area contributed by atoms with Crippen LogP contribution in [0.2, 0.25) is 0 Å². The molecule has 0 spiro atoms. The predicted molar refractivity (Wildman–Crippen MR) is 215 cm³/mol. The van der Waals surface area contributed by atoms with Gasteiger partial charge in [-0.1, -0.05) is 111 Å². The molecule has 4 rings (SSSR count). The summed E-state index contributed by atoms with van der Waals surface area (Å²) in [5.41, 5.74) is 8.44. The Morgan fingerprint density at radius 3 is 1.72 bits per heavy atom. The maximum Gasteiger partial charge on any atom is 0.326 e. The predicted octanol–water partition coefficient (Wildman–Crippen LogP) is 1.97. The van der Waals surface area contributed by atoms with E-state index in [9.17, 15) is 43.8 Å². The molecule has 1 aliphatic rings. The topological polar surface area (TPSA) is 237 Å². The van der Waals surface area contributed by atoms with Crippen LogP contribution in [0.1, 0.15) is 62.6 Å². The molecule has 0 radical (unpaired) electrons. The Morgan fingerprint density at radius 1 is 0.690 bits per heavy atom. The molecule has 1 fully saturated rings. The Morgan fingerprint density at radius 2 is 1.21 bits per heavy atom. The largest absolute Gasteiger partial charge is 0.481 e. The van der Waals surface area contributed by atoms with Crippen LogP contribution in [0.4, 0.5) is 0 Å². The van der Waals surface area contributed by atoms with Crippen LogP contribution in [0, 0.1) is 5.92 Å². The Bertz CT molecular complexity index is 1860. The minimum atomic E-state index is -1.41. The van der Waals surface area contributed by atoms with Gasteiger partial charge in [-0.3, -0.25) is 28.8 Å². The summed E-state index contributed by atoms with van der Waals surface area (Å²) < 4.78 is 0. The maximum absolute atomic E-state index is 14.2. The molecule has 1 aliphatic heterocycles. The van der Waals surface area contributed by atoms with E-state index in [1.54, 1.807) is 67.6 Å². The number of likely N-dealkylation sites (tertiary alicyclic amines) is 1. The minimum absolute atomic E-state index is 0.0104. The van der Waals surface area contributed by atoms with Crippen molar-refractivity contribution in [3.05, 3.63) is 108 Å². The van der Waals surface area contributed by atoms with E-state index in [1.165, 1.54) is 4.90 Å². The van der Waals surface area contributed by atoms with E-state index in [4.69, 9.17) is 5.73 Å². The zero-order valence-electron chi connectivity index (χ0n) is 32.8. The third-order valence-electron chi connectivity index (χ3n) is 10.3. The lowest BCUT2D eigenvalue weighted by Gasteiger charge is -2.31. The van der Waals surface area contributed by atoms with Gasteiger partial charge in [-0.2, -0.15) is 0 Å². The molecule has 0 bridgehead atoms. The van der Waals surface area contributed by atoms with Crippen molar-refractivity contribution in [2.75, 3.05) is 6.54 Å². The fraction of sp³-hybridized carbons (Fsp3) is 0.419. The fourth-order valence-electron chi connectivity index (χ4n) is 6.86. The SMILES string of the molecule is CC[C@H](C)[C@H](NC(=O)[C@@H](N)Cc1ccccc1)C(=O)N[C@@H](Cc1ccccc1)C(=O)N[C@@H](CCC(=O)O)C(=O)N1CCC[C@H]1C(=O)N[C@@H](Cc1ccccc1)C(=O)O. The molecule has 0 aliphatic carbocycles. The van der Waals surface area contributed by atoms with E-state index in [1.807, 2.05) is 37.3 Å². The average Bonchev–Trinajstić information content (AvgIpc) is 3.71. The second-order valence-corrected chi connectivity index (χ2v) is 14.7. The van der Waals surface area contributed by atoms with Gasteiger partial charge in [0.05, 0.1) is 6.04 Å². The van der Waals surface area contributed by atoms with Crippen molar-refractivity contribution in [1.29, 1.82) is 0 Å². The zero-order valence-corrected chi connectivity index (χ0v) is 32.8. The van der Waals surface area contributed by atoms with Crippen LogP contribution in [-0.2, 0) is 52.8 Å². The van der Waals surface area contributed by atoms with Gasteiger partial charge in [0, 0.05) is 25.8 Å². The van der Waals surface area contributed by atoms with E-state index in [0.29, 0.717) is 24.0 Å². The highest BCUT2D eigenvalue weighted by Gasteiger charge is 2.40. The summed E-state index contributed by atoms with van der Waals surface area (Å²) in [6, 6.07) is 19.7. The third-order valence-corrected chi connectivity index (χ3v) is 10.3.